The summed E-state index contributed by atoms with van der Waals surface area (Å²) in [4.78, 5) is 2.26. The van der Waals surface area contributed by atoms with Gasteiger partial charge in [0.05, 0.1) is 0 Å². The predicted octanol–water partition coefficient (Wildman–Crippen LogP) is 1.69. The largest absolute Gasteiger partial charge is 0.507 e. The summed E-state index contributed by atoms with van der Waals surface area (Å²) in [6.45, 7) is 7.39. The quantitative estimate of drug-likeness (QED) is 0.774. The highest BCUT2D eigenvalue weighted by atomic mass is 16.3. The highest BCUT2D eigenvalue weighted by Crippen LogP contribution is 2.23. The first-order valence-electron chi connectivity index (χ1n) is 5.45. The minimum absolute atomic E-state index is 0.354. The standard InChI is InChI=1S/C12H20N2O/c1-3-14(4-2)9-11-7-5-6-10(8-13)12(11)15/h5-7,15H,3-4,8-9,13H2,1-2H3. The van der Waals surface area contributed by atoms with Crippen LogP contribution in [0.15, 0.2) is 18.2 Å². The normalized spacial score (nSPS) is 10.9. The number of hydrogen-bond donors (Lipinski definition) is 2. The average Bonchev–Trinajstić information content (AvgIpc) is 2.28. The zero-order valence-corrected chi connectivity index (χ0v) is 9.53. The number of aromatic hydroxyl groups is 1. The van der Waals surface area contributed by atoms with Crippen molar-refractivity contribution in [1.29, 1.82) is 0 Å². The highest BCUT2D eigenvalue weighted by molar-refractivity contribution is 5.40. The van der Waals surface area contributed by atoms with Crippen molar-refractivity contribution in [3.63, 3.8) is 0 Å². The van der Waals surface area contributed by atoms with Crippen molar-refractivity contribution in [2.45, 2.75) is 26.9 Å². The number of nitrogens with two attached hydrogens (primary N) is 1. The molecule has 1 aromatic carbocycles. The molecule has 3 nitrogen and oxygen atoms in total. The molecule has 0 heterocycles. The lowest BCUT2D eigenvalue weighted by molar-refractivity contribution is 0.290. The topological polar surface area (TPSA) is 49.5 Å². The molecule has 0 saturated carbocycles. The van der Waals surface area contributed by atoms with E-state index in [1.165, 1.54) is 0 Å². The Hall–Kier alpha value is -1.06. The van der Waals surface area contributed by atoms with Crippen LogP contribution in [0.25, 0.3) is 0 Å². The zero-order valence-electron chi connectivity index (χ0n) is 9.53. The molecule has 84 valence electrons. The molecular formula is C12H20N2O. The average molecular weight is 208 g/mol. The first-order valence-corrected chi connectivity index (χ1v) is 5.45. The summed E-state index contributed by atoms with van der Waals surface area (Å²) in [5, 5.41) is 9.92. The summed E-state index contributed by atoms with van der Waals surface area (Å²) in [5.41, 5.74) is 7.32. The summed E-state index contributed by atoms with van der Waals surface area (Å²) in [6.07, 6.45) is 0. The number of para-hydroxylation sites is 1. The van der Waals surface area contributed by atoms with Gasteiger partial charge in [-0.05, 0) is 13.1 Å². The number of nitrogens with zero attached hydrogens (tertiary/aromatic N) is 1. The molecule has 0 aliphatic rings. The molecule has 1 rings (SSSR count). The Morgan fingerprint density at radius 3 is 2.33 bits per heavy atom. The Morgan fingerprint density at radius 1 is 1.20 bits per heavy atom. The third kappa shape index (κ3) is 2.94. The monoisotopic (exact) mass is 208 g/mol. The molecule has 0 atom stereocenters. The van der Waals surface area contributed by atoms with Gasteiger partial charge in [-0.25, -0.2) is 0 Å². The molecule has 3 N–H and O–H groups in total. The van der Waals surface area contributed by atoms with E-state index in [0.717, 1.165) is 30.8 Å². The van der Waals surface area contributed by atoms with E-state index in [1.807, 2.05) is 18.2 Å². The summed E-state index contributed by atoms with van der Waals surface area (Å²) < 4.78 is 0. The van der Waals surface area contributed by atoms with Crippen LogP contribution in [0, 0.1) is 0 Å². The van der Waals surface area contributed by atoms with Crippen molar-refractivity contribution in [3.8, 4) is 5.75 Å². The lowest BCUT2D eigenvalue weighted by Gasteiger charge is -2.19. The van der Waals surface area contributed by atoms with Crippen LogP contribution in [0.5, 0.6) is 5.75 Å². The van der Waals surface area contributed by atoms with Crippen LogP contribution in [-0.4, -0.2) is 23.1 Å². The molecule has 0 amide bonds. The summed E-state index contributed by atoms with van der Waals surface area (Å²) in [7, 11) is 0. The van der Waals surface area contributed by atoms with Gasteiger partial charge < -0.3 is 10.8 Å². The van der Waals surface area contributed by atoms with E-state index in [9.17, 15) is 5.11 Å². The van der Waals surface area contributed by atoms with Crippen LogP contribution in [-0.2, 0) is 13.1 Å². The Bertz CT molecular complexity index is 308. The van der Waals surface area contributed by atoms with Gasteiger partial charge in [-0.3, -0.25) is 4.90 Å². The van der Waals surface area contributed by atoms with E-state index < -0.39 is 0 Å². The number of rotatable bonds is 5. The van der Waals surface area contributed by atoms with Crippen molar-refractivity contribution in [2.24, 2.45) is 5.73 Å². The second kappa shape index (κ2) is 5.73. The molecule has 0 aromatic heterocycles. The Balaban J connectivity index is 2.85. The van der Waals surface area contributed by atoms with Crippen LogP contribution in [0.1, 0.15) is 25.0 Å². The van der Waals surface area contributed by atoms with E-state index in [0.29, 0.717) is 12.3 Å². The molecule has 0 aliphatic carbocycles. The van der Waals surface area contributed by atoms with E-state index in [4.69, 9.17) is 5.73 Å². The van der Waals surface area contributed by atoms with E-state index >= 15 is 0 Å². The molecule has 0 saturated heterocycles. The van der Waals surface area contributed by atoms with Gasteiger partial charge in [0.25, 0.3) is 0 Å². The van der Waals surface area contributed by atoms with Gasteiger partial charge in [0.15, 0.2) is 0 Å². The van der Waals surface area contributed by atoms with Crippen molar-refractivity contribution in [3.05, 3.63) is 29.3 Å². The van der Waals surface area contributed by atoms with Gasteiger partial charge in [0, 0.05) is 24.2 Å². The number of phenolic OH excluding ortho intramolecular Hbond substituents is 1. The zero-order chi connectivity index (χ0) is 11.3. The molecule has 0 radical (unpaired) electrons. The van der Waals surface area contributed by atoms with Crippen molar-refractivity contribution in [1.82, 2.24) is 4.90 Å². The third-order valence-corrected chi connectivity index (χ3v) is 2.71. The molecule has 3 heteroatoms. The van der Waals surface area contributed by atoms with Gasteiger partial charge in [0.2, 0.25) is 0 Å². The molecule has 15 heavy (non-hydrogen) atoms. The first-order chi connectivity index (χ1) is 7.22. The van der Waals surface area contributed by atoms with Crippen LogP contribution in [0.4, 0.5) is 0 Å². The SMILES string of the molecule is CCN(CC)Cc1cccc(CN)c1O. The maximum Gasteiger partial charge on any atom is 0.124 e. The summed E-state index contributed by atoms with van der Waals surface area (Å²) >= 11 is 0. The third-order valence-electron chi connectivity index (χ3n) is 2.71. The van der Waals surface area contributed by atoms with Crippen molar-refractivity contribution < 1.29 is 5.11 Å². The van der Waals surface area contributed by atoms with Crippen molar-refractivity contribution >= 4 is 0 Å². The molecule has 0 aliphatic heterocycles. The fraction of sp³-hybridized carbons (Fsp3) is 0.500. The minimum atomic E-state index is 0.354. The molecular weight excluding hydrogens is 188 g/mol. The lowest BCUT2D eigenvalue weighted by Crippen LogP contribution is -2.22. The fourth-order valence-corrected chi connectivity index (χ4v) is 1.62. The molecule has 0 spiro atoms. The second-order valence-electron chi connectivity index (χ2n) is 3.59. The smallest absolute Gasteiger partial charge is 0.124 e. The molecule has 1 aromatic rings. The molecule has 0 unspecified atom stereocenters. The van der Waals surface area contributed by atoms with E-state index in [2.05, 4.69) is 18.7 Å². The number of benzene rings is 1. The molecule has 0 fully saturated rings. The summed E-state index contributed by atoms with van der Waals surface area (Å²) in [6, 6.07) is 5.76. The Labute approximate surface area is 91.5 Å². The Kier molecular flexibility index (Phi) is 4.59. The maximum absolute atomic E-state index is 9.92. The number of hydrogen-bond acceptors (Lipinski definition) is 3. The van der Waals surface area contributed by atoms with Crippen molar-refractivity contribution in [2.75, 3.05) is 13.1 Å². The van der Waals surface area contributed by atoms with Crippen LogP contribution >= 0.6 is 0 Å². The minimum Gasteiger partial charge on any atom is -0.507 e. The van der Waals surface area contributed by atoms with Gasteiger partial charge in [-0.2, -0.15) is 0 Å². The lowest BCUT2D eigenvalue weighted by atomic mass is 10.1. The van der Waals surface area contributed by atoms with E-state index in [1.54, 1.807) is 0 Å². The number of phenols is 1. The van der Waals surface area contributed by atoms with Crippen LogP contribution < -0.4 is 5.73 Å². The second-order valence-corrected chi connectivity index (χ2v) is 3.59. The maximum atomic E-state index is 9.92. The van der Waals surface area contributed by atoms with Gasteiger partial charge in [-0.15, -0.1) is 0 Å². The first kappa shape index (κ1) is 12.0. The highest BCUT2D eigenvalue weighted by Gasteiger charge is 2.08. The van der Waals surface area contributed by atoms with Gasteiger partial charge in [-0.1, -0.05) is 32.0 Å². The fourth-order valence-electron chi connectivity index (χ4n) is 1.62. The predicted molar refractivity (Wildman–Crippen MR) is 62.6 cm³/mol. The summed E-state index contributed by atoms with van der Waals surface area (Å²) in [5.74, 6) is 0.354. The van der Waals surface area contributed by atoms with Gasteiger partial charge in [0.1, 0.15) is 5.75 Å². The molecule has 0 bridgehead atoms. The van der Waals surface area contributed by atoms with Crippen LogP contribution in [0.3, 0.4) is 0 Å². The van der Waals surface area contributed by atoms with Gasteiger partial charge >= 0.3 is 0 Å². The Morgan fingerprint density at radius 2 is 1.80 bits per heavy atom. The van der Waals surface area contributed by atoms with Crippen LogP contribution in [0.2, 0.25) is 0 Å². The van der Waals surface area contributed by atoms with E-state index in [-0.39, 0.29) is 0 Å².